The molecule has 5 rings (SSSR count). The van der Waals surface area contributed by atoms with Crippen molar-refractivity contribution in [3.63, 3.8) is 0 Å². The third-order valence-electron chi connectivity index (χ3n) is 7.73. The van der Waals surface area contributed by atoms with Crippen molar-refractivity contribution in [2.45, 2.75) is 83.5 Å². The molecule has 1 aromatic heterocycles. The van der Waals surface area contributed by atoms with Crippen LogP contribution < -0.4 is 10.1 Å². The highest BCUT2D eigenvalue weighted by Gasteiger charge is 2.51. The zero-order valence-electron chi connectivity index (χ0n) is 22.8. The third kappa shape index (κ3) is 5.14. The van der Waals surface area contributed by atoms with Crippen LogP contribution >= 0.6 is 0 Å². The quantitative estimate of drug-likeness (QED) is 0.436. The minimum atomic E-state index is -0.0685. The number of carbonyl (C=O) groups is 1. The van der Waals surface area contributed by atoms with Crippen LogP contribution in [0.25, 0.3) is 11.1 Å². The van der Waals surface area contributed by atoms with Crippen molar-refractivity contribution in [2.75, 3.05) is 0 Å². The van der Waals surface area contributed by atoms with Gasteiger partial charge in [-0.3, -0.25) is 9.69 Å². The van der Waals surface area contributed by atoms with Crippen LogP contribution in [0.2, 0.25) is 0 Å². The van der Waals surface area contributed by atoms with Crippen molar-refractivity contribution in [2.24, 2.45) is 0 Å². The topological polar surface area (TPSA) is 91.1 Å². The molecule has 196 valence electrons. The summed E-state index contributed by atoms with van der Waals surface area (Å²) < 4.78 is 6.18. The van der Waals surface area contributed by atoms with Gasteiger partial charge in [0.05, 0.1) is 12.4 Å². The zero-order valence-corrected chi connectivity index (χ0v) is 22.8. The van der Waals surface area contributed by atoms with Crippen molar-refractivity contribution >= 4 is 5.91 Å². The summed E-state index contributed by atoms with van der Waals surface area (Å²) in [6, 6.07) is 15.8. The summed E-state index contributed by atoms with van der Waals surface area (Å²) in [4.78, 5) is 15.9. The molecule has 38 heavy (non-hydrogen) atoms. The molecule has 0 atom stereocenters. The van der Waals surface area contributed by atoms with Gasteiger partial charge in [-0.05, 0) is 96.2 Å². The first kappa shape index (κ1) is 25.9. The molecule has 2 aliphatic rings. The number of piperidine rings is 1. The number of likely N-dealkylation sites (tertiary alicyclic amines) is 1. The summed E-state index contributed by atoms with van der Waals surface area (Å²) in [6.45, 7) is 11.1. The molecule has 1 saturated carbocycles. The average molecular weight is 510 g/mol. The lowest BCUT2D eigenvalue weighted by molar-refractivity contribution is -0.0462. The Bertz CT molecular complexity index is 1370. The standard InChI is InChI=1S/C31H35N5O2/c1-20-15-21(29(37)35-23-16-30(2,3)36(24-10-11-24)31(4,5)17-23)9-12-27(20)38-28-8-6-7-25(26(28)18-32)22-13-14-33-34-19-22/h6-9,12-15,19,23-24H,10-11,16-17H2,1-5H3,(H,35,37). The Balaban J connectivity index is 1.31. The number of amides is 1. The maximum absolute atomic E-state index is 13.3. The largest absolute Gasteiger partial charge is 0.456 e. The number of aryl methyl sites for hydroxylation is 1. The van der Waals surface area contributed by atoms with Gasteiger partial charge in [0.1, 0.15) is 23.1 Å². The summed E-state index contributed by atoms with van der Waals surface area (Å²) >= 11 is 0. The van der Waals surface area contributed by atoms with Crippen LogP contribution in [0, 0.1) is 18.3 Å². The second kappa shape index (κ2) is 9.85. The van der Waals surface area contributed by atoms with Gasteiger partial charge >= 0.3 is 0 Å². The maximum atomic E-state index is 13.3. The highest BCUT2D eigenvalue weighted by atomic mass is 16.5. The molecule has 1 aliphatic carbocycles. The molecule has 7 nitrogen and oxygen atoms in total. The number of nitrogens with zero attached hydrogens (tertiary/aromatic N) is 4. The number of hydrogen-bond acceptors (Lipinski definition) is 6. The van der Waals surface area contributed by atoms with Crippen molar-refractivity contribution in [1.82, 2.24) is 20.4 Å². The lowest BCUT2D eigenvalue weighted by atomic mass is 9.76. The molecule has 3 aromatic rings. The number of benzene rings is 2. The van der Waals surface area contributed by atoms with E-state index in [9.17, 15) is 10.1 Å². The Morgan fingerprint density at radius 1 is 1.05 bits per heavy atom. The first-order valence-electron chi connectivity index (χ1n) is 13.3. The van der Waals surface area contributed by atoms with Crippen LogP contribution in [0.15, 0.2) is 54.9 Å². The highest BCUT2D eigenvalue weighted by molar-refractivity contribution is 5.94. The van der Waals surface area contributed by atoms with E-state index in [0.29, 0.717) is 28.7 Å². The van der Waals surface area contributed by atoms with Crippen LogP contribution in [0.5, 0.6) is 11.5 Å². The minimum Gasteiger partial charge on any atom is -0.456 e. The Morgan fingerprint density at radius 3 is 2.39 bits per heavy atom. The van der Waals surface area contributed by atoms with E-state index in [1.54, 1.807) is 30.6 Å². The van der Waals surface area contributed by atoms with Gasteiger partial charge in [0, 0.05) is 39.9 Å². The molecule has 1 aliphatic heterocycles. The highest BCUT2D eigenvalue weighted by Crippen LogP contribution is 2.46. The predicted octanol–water partition coefficient (Wildman–Crippen LogP) is 6.03. The number of ether oxygens (including phenoxy) is 1. The molecule has 2 aromatic carbocycles. The molecule has 2 fully saturated rings. The molecule has 0 spiro atoms. The molecular weight excluding hydrogens is 474 g/mol. The second-order valence-electron chi connectivity index (χ2n) is 11.8. The molecule has 2 heterocycles. The van der Waals surface area contributed by atoms with E-state index in [1.807, 2.05) is 31.2 Å². The van der Waals surface area contributed by atoms with Crippen LogP contribution in [0.1, 0.15) is 74.9 Å². The lowest BCUT2D eigenvalue weighted by Crippen LogP contribution is -2.65. The molecule has 0 bridgehead atoms. The molecule has 1 N–H and O–H groups in total. The first-order chi connectivity index (χ1) is 18.1. The van der Waals surface area contributed by atoms with Crippen molar-refractivity contribution in [3.05, 3.63) is 71.5 Å². The van der Waals surface area contributed by atoms with Crippen LogP contribution in [0.4, 0.5) is 0 Å². The summed E-state index contributed by atoms with van der Waals surface area (Å²) in [7, 11) is 0. The normalized spacial score (nSPS) is 18.9. The number of nitrogens with one attached hydrogen (secondary N) is 1. The maximum Gasteiger partial charge on any atom is 0.251 e. The molecule has 1 amide bonds. The second-order valence-corrected chi connectivity index (χ2v) is 11.8. The van der Waals surface area contributed by atoms with E-state index in [2.05, 4.69) is 54.2 Å². The Hall–Kier alpha value is -3.76. The van der Waals surface area contributed by atoms with Crippen LogP contribution in [0.3, 0.4) is 0 Å². The molecule has 1 saturated heterocycles. The van der Waals surface area contributed by atoms with Gasteiger partial charge in [0.15, 0.2) is 0 Å². The molecular formula is C31H35N5O2. The van der Waals surface area contributed by atoms with E-state index in [-0.39, 0.29) is 23.0 Å². The fraction of sp³-hybridized carbons (Fsp3) is 0.419. The summed E-state index contributed by atoms with van der Waals surface area (Å²) in [6.07, 6.45) is 7.63. The van der Waals surface area contributed by atoms with E-state index in [0.717, 1.165) is 29.5 Å². The predicted molar refractivity (Wildman–Crippen MR) is 147 cm³/mol. The van der Waals surface area contributed by atoms with Gasteiger partial charge in [-0.2, -0.15) is 15.5 Å². The SMILES string of the molecule is Cc1cc(C(=O)NC2CC(C)(C)N(C3CC3)C(C)(C)C2)ccc1Oc1cccc(-c2ccnnc2)c1C#N. The fourth-order valence-corrected chi connectivity index (χ4v) is 6.43. The lowest BCUT2D eigenvalue weighted by Gasteiger charge is -2.56. The summed E-state index contributed by atoms with van der Waals surface area (Å²) in [5.74, 6) is 0.984. The van der Waals surface area contributed by atoms with Gasteiger partial charge in [0.25, 0.3) is 5.91 Å². The summed E-state index contributed by atoms with van der Waals surface area (Å²) in [5.41, 5.74) is 3.44. The van der Waals surface area contributed by atoms with Crippen LogP contribution in [-0.2, 0) is 0 Å². The van der Waals surface area contributed by atoms with E-state index < -0.39 is 0 Å². The number of rotatable bonds is 6. The van der Waals surface area contributed by atoms with Gasteiger partial charge in [0.2, 0.25) is 0 Å². The number of aromatic nitrogens is 2. The third-order valence-corrected chi connectivity index (χ3v) is 7.73. The monoisotopic (exact) mass is 509 g/mol. The average Bonchev–Trinajstić information content (AvgIpc) is 3.68. The van der Waals surface area contributed by atoms with E-state index in [4.69, 9.17) is 4.74 Å². The van der Waals surface area contributed by atoms with Gasteiger partial charge in [-0.25, -0.2) is 0 Å². The van der Waals surface area contributed by atoms with Gasteiger partial charge in [-0.1, -0.05) is 12.1 Å². The molecule has 7 heteroatoms. The van der Waals surface area contributed by atoms with E-state index in [1.165, 1.54) is 12.8 Å². The number of carbonyl (C=O) groups excluding carboxylic acids is 1. The van der Waals surface area contributed by atoms with Gasteiger partial charge in [-0.15, -0.1) is 0 Å². The minimum absolute atomic E-state index is 0.0355. The summed E-state index contributed by atoms with van der Waals surface area (Å²) in [5, 5.41) is 20.9. The number of hydrogen-bond donors (Lipinski definition) is 1. The zero-order chi connectivity index (χ0) is 27.1. The Labute approximate surface area is 224 Å². The van der Waals surface area contributed by atoms with Crippen molar-refractivity contribution < 1.29 is 9.53 Å². The Kier molecular flexibility index (Phi) is 6.70. The van der Waals surface area contributed by atoms with Crippen LogP contribution in [-0.4, -0.2) is 44.2 Å². The van der Waals surface area contributed by atoms with Crippen molar-refractivity contribution in [3.8, 4) is 28.7 Å². The Morgan fingerprint density at radius 2 is 1.79 bits per heavy atom. The van der Waals surface area contributed by atoms with Crippen molar-refractivity contribution in [1.29, 1.82) is 5.26 Å². The smallest absolute Gasteiger partial charge is 0.251 e. The fourth-order valence-electron chi connectivity index (χ4n) is 6.43. The number of nitriles is 1. The first-order valence-corrected chi connectivity index (χ1v) is 13.3. The molecule has 0 radical (unpaired) electrons. The molecule has 0 unspecified atom stereocenters. The van der Waals surface area contributed by atoms with Gasteiger partial charge < -0.3 is 10.1 Å². The van der Waals surface area contributed by atoms with E-state index >= 15 is 0 Å².